The zero-order valence-electron chi connectivity index (χ0n) is 13.2. The van der Waals surface area contributed by atoms with Crippen LogP contribution in [0.25, 0.3) is 0 Å². The quantitative estimate of drug-likeness (QED) is 0.854. The Labute approximate surface area is 136 Å². The lowest BCUT2D eigenvalue weighted by Crippen LogP contribution is -2.35. The molecule has 1 N–H and O–H groups in total. The van der Waals surface area contributed by atoms with Crippen molar-refractivity contribution in [2.45, 2.75) is 58.2 Å². The van der Waals surface area contributed by atoms with E-state index in [0.717, 1.165) is 29.8 Å². The highest BCUT2D eigenvalue weighted by atomic mass is 79.9. The van der Waals surface area contributed by atoms with Crippen molar-refractivity contribution in [2.75, 3.05) is 13.2 Å². The van der Waals surface area contributed by atoms with E-state index in [1.54, 1.807) is 0 Å². The van der Waals surface area contributed by atoms with Crippen LogP contribution < -0.4 is 10.1 Å². The molecule has 3 nitrogen and oxygen atoms in total. The summed E-state index contributed by atoms with van der Waals surface area (Å²) in [5.41, 5.74) is 1.27. The molecule has 0 radical (unpaired) electrons. The van der Waals surface area contributed by atoms with E-state index in [2.05, 4.69) is 48.1 Å². The Hall–Kier alpha value is -0.580. The predicted octanol–water partition coefficient (Wildman–Crippen LogP) is 4.29. The van der Waals surface area contributed by atoms with Gasteiger partial charge in [-0.15, -0.1) is 0 Å². The molecule has 0 aromatic heterocycles. The molecule has 1 atom stereocenters. The molecule has 1 aromatic carbocycles. The molecule has 1 aliphatic heterocycles. The van der Waals surface area contributed by atoms with Crippen molar-refractivity contribution in [3.8, 4) is 5.75 Å². The van der Waals surface area contributed by atoms with Crippen LogP contribution in [0, 0.1) is 0 Å². The third-order valence-corrected chi connectivity index (χ3v) is 4.02. The van der Waals surface area contributed by atoms with E-state index in [1.165, 1.54) is 18.4 Å². The molecule has 1 heterocycles. The minimum Gasteiger partial charge on any atom is -0.491 e. The summed E-state index contributed by atoms with van der Waals surface area (Å²) in [6, 6.07) is 6.18. The summed E-state index contributed by atoms with van der Waals surface area (Å²) in [6.45, 7) is 8.81. The van der Waals surface area contributed by atoms with Crippen molar-refractivity contribution in [3.63, 3.8) is 0 Å². The largest absolute Gasteiger partial charge is 0.491 e. The number of hydrogen-bond acceptors (Lipinski definition) is 3. The van der Waals surface area contributed by atoms with E-state index >= 15 is 0 Å². The van der Waals surface area contributed by atoms with Crippen LogP contribution in [-0.4, -0.2) is 24.9 Å². The zero-order chi connectivity index (χ0) is 15.3. The van der Waals surface area contributed by atoms with Gasteiger partial charge in [-0.1, -0.05) is 15.9 Å². The molecule has 1 aromatic rings. The van der Waals surface area contributed by atoms with Crippen molar-refractivity contribution < 1.29 is 9.47 Å². The summed E-state index contributed by atoms with van der Waals surface area (Å²) in [5, 5.41) is 3.51. The number of halogens is 1. The number of hydrogen-bond donors (Lipinski definition) is 1. The van der Waals surface area contributed by atoms with Gasteiger partial charge in [-0.05, 0) is 58.2 Å². The van der Waals surface area contributed by atoms with Crippen LogP contribution in [0.5, 0.6) is 5.75 Å². The Morgan fingerprint density at radius 3 is 2.81 bits per heavy atom. The number of benzene rings is 1. The highest BCUT2D eigenvalue weighted by molar-refractivity contribution is 9.10. The minimum absolute atomic E-state index is 0.0894. The maximum atomic E-state index is 6.01. The number of ether oxygens (including phenoxy) is 2. The second kappa shape index (κ2) is 7.61. The molecular weight excluding hydrogens is 330 g/mol. The van der Waals surface area contributed by atoms with Gasteiger partial charge in [0.25, 0.3) is 0 Å². The summed E-state index contributed by atoms with van der Waals surface area (Å²) in [5.74, 6) is 0.948. The molecule has 1 fully saturated rings. The molecule has 4 heteroatoms. The molecule has 1 saturated heterocycles. The SMILES string of the molecule is CC(C)(C)NCc1cc(Br)ccc1OCC1CCCCO1. The lowest BCUT2D eigenvalue weighted by atomic mass is 10.1. The fraction of sp³-hybridized carbons (Fsp3) is 0.647. The number of nitrogens with one attached hydrogen (secondary N) is 1. The van der Waals surface area contributed by atoms with Crippen LogP contribution in [0.4, 0.5) is 0 Å². The molecule has 21 heavy (non-hydrogen) atoms. The Balaban J connectivity index is 1.96. The minimum atomic E-state index is 0.0894. The van der Waals surface area contributed by atoms with Gasteiger partial charge in [0.2, 0.25) is 0 Å². The van der Waals surface area contributed by atoms with Gasteiger partial charge >= 0.3 is 0 Å². The second-order valence-corrected chi connectivity index (χ2v) is 7.57. The first-order chi connectivity index (χ1) is 9.94. The van der Waals surface area contributed by atoms with Crippen molar-refractivity contribution >= 4 is 15.9 Å². The van der Waals surface area contributed by atoms with Gasteiger partial charge in [-0.2, -0.15) is 0 Å². The van der Waals surface area contributed by atoms with Crippen LogP contribution in [0.15, 0.2) is 22.7 Å². The van der Waals surface area contributed by atoms with Gasteiger partial charge in [-0.25, -0.2) is 0 Å². The third-order valence-electron chi connectivity index (χ3n) is 3.53. The normalized spacial score (nSPS) is 19.5. The maximum absolute atomic E-state index is 6.01. The van der Waals surface area contributed by atoms with Gasteiger partial charge in [0.05, 0.1) is 6.10 Å². The first-order valence-electron chi connectivity index (χ1n) is 7.72. The van der Waals surface area contributed by atoms with Gasteiger partial charge in [0.1, 0.15) is 12.4 Å². The average Bonchev–Trinajstić information content (AvgIpc) is 2.44. The first-order valence-corrected chi connectivity index (χ1v) is 8.51. The highest BCUT2D eigenvalue weighted by Gasteiger charge is 2.16. The smallest absolute Gasteiger partial charge is 0.124 e. The van der Waals surface area contributed by atoms with E-state index in [4.69, 9.17) is 9.47 Å². The van der Waals surface area contributed by atoms with Gasteiger partial charge in [0.15, 0.2) is 0 Å². The van der Waals surface area contributed by atoms with Crippen LogP contribution in [0.3, 0.4) is 0 Å². The summed E-state index contributed by atoms with van der Waals surface area (Å²) >= 11 is 3.54. The van der Waals surface area contributed by atoms with E-state index in [0.29, 0.717) is 6.61 Å². The predicted molar refractivity (Wildman–Crippen MR) is 89.8 cm³/mol. The topological polar surface area (TPSA) is 30.5 Å². The average molecular weight is 356 g/mol. The molecule has 0 bridgehead atoms. The van der Waals surface area contributed by atoms with Crippen LogP contribution in [0.2, 0.25) is 0 Å². The zero-order valence-corrected chi connectivity index (χ0v) is 14.8. The molecule has 0 aliphatic carbocycles. The van der Waals surface area contributed by atoms with Crippen molar-refractivity contribution in [3.05, 3.63) is 28.2 Å². The van der Waals surface area contributed by atoms with E-state index in [9.17, 15) is 0 Å². The summed E-state index contributed by atoms with van der Waals surface area (Å²) < 4.78 is 12.8. The second-order valence-electron chi connectivity index (χ2n) is 6.66. The lowest BCUT2D eigenvalue weighted by Gasteiger charge is -2.24. The molecular formula is C17H26BrNO2. The Bertz CT molecular complexity index is 451. The van der Waals surface area contributed by atoms with Crippen LogP contribution in [0.1, 0.15) is 45.6 Å². The molecule has 1 aliphatic rings. The fourth-order valence-corrected chi connectivity index (χ4v) is 2.72. The van der Waals surface area contributed by atoms with Gasteiger partial charge in [0, 0.05) is 28.7 Å². The molecule has 0 saturated carbocycles. The van der Waals surface area contributed by atoms with Crippen molar-refractivity contribution in [1.29, 1.82) is 0 Å². The van der Waals surface area contributed by atoms with E-state index < -0.39 is 0 Å². The Morgan fingerprint density at radius 2 is 2.14 bits per heavy atom. The van der Waals surface area contributed by atoms with Crippen LogP contribution in [-0.2, 0) is 11.3 Å². The number of rotatable bonds is 5. The Kier molecular flexibility index (Phi) is 6.08. The molecule has 0 amide bonds. The lowest BCUT2D eigenvalue weighted by molar-refractivity contribution is -0.0112. The summed E-state index contributed by atoms with van der Waals surface area (Å²) in [4.78, 5) is 0. The summed E-state index contributed by atoms with van der Waals surface area (Å²) in [7, 11) is 0. The highest BCUT2D eigenvalue weighted by Crippen LogP contribution is 2.25. The molecule has 2 rings (SSSR count). The standard InChI is InChI=1S/C17H26BrNO2/c1-17(2,3)19-11-13-10-14(18)7-8-16(13)21-12-15-6-4-5-9-20-15/h7-8,10,15,19H,4-6,9,11-12H2,1-3H3. The molecule has 118 valence electrons. The fourth-order valence-electron chi connectivity index (χ4n) is 2.31. The van der Waals surface area contributed by atoms with Crippen LogP contribution >= 0.6 is 15.9 Å². The summed E-state index contributed by atoms with van der Waals surface area (Å²) in [6.07, 6.45) is 3.76. The monoisotopic (exact) mass is 355 g/mol. The first kappa shape index (κ1) is 16.8. The molecule has 0 spiro atoms. The maximum Gasteiger partial charge on any atom is 0.124 e. The Morgan fingerprint density at radius 1 is 1.33 bits per heavy atom. The van der Waals surface area contributed by atoms with Crippen molar-refractivity contribution in [1.82, 2.24) is 5.32 Å². The molecule has 1 unspecified atom stereocenters. The van der Waals surface area contributed by atoms with Gasteiger partial charge < -0.3 is 14.8 Å². The van der Waals surface area contributed by atoms with E-state index in [-0.39, 0.29) is 11.6 Å². The van der Waals surface area contributed by atoms with Gasteiger partial charge in [-0.3, -0.25) is 0 Å². The van der Waals surface area contributed by atoms with Crippen molar-refractivity contribution in [2.24, 2.45) is 0 Å². The third kappa shape index (κ3) is 5.97. The van der Waals surface area contributed by atoms with E-state index in [1.807, 2.05) is 12.1 Å².